The van der Waals surface area contributed by atoms with Crippen molar-refractivity contribution in [2.45, 2.75) is 34.7 Å². The fourth-order valence-electron chi connectivity index (χ4n) is 3.08. The minimum absolute atomic E-state index is 0.425. The molecule has 0 bridgehead atoms. The van der Waals surface area contributed by atoms with Crippen molar-refractivity contribution in [3.8, 4) is 10.7 Å². The van der Waals surface area contributed by atoms with Crippen LogP contribution in [0.4, 0.5) is 0 Å². The van der Waals surface area contributed by atoms with Crippen LogP contribution in [-0.2, 0) is 4.74 Å². The maximum atomic E-state index is 11.0. The molecular formula is C17H16Cl2N4O4S2. The van der Waals surface area contributed by atoms with Crippen LogP contribution in [0.1, 0.15) is 6.04 Å². The largest absolute Gasteiger partial charge is 0.394 e. The van der Waals surface area contributed by atoms with Gasteiger partial charge in [0.2, 0.25) is 0 Å². The molecule has 1 saturated heterocycles. The van der Waals surface area contributed by atoms with Gasteiger partial charge in [-0.2, -0.15) is 0 Å². The zero-order valence-electron chi connectivity index (χ0n) is 14.7. The summed E-state index contributed by atoms with van der Waals surface area (Å²) in [5.74, 6) is 0. The van der Waals surface area contributed by atoms with Gasteiger partial charge in [0.05, 0.1) is 12.8 Å². The van der Waals surface area contributed by atoms with Crippen LogP contribution in [0, 0.1) is 0 Å². The number of aliphatic hydroxyl groups excluding tert-OH is 3. The predicted molar refractivity (Wildman–Crippen MR) is 110 cm³/mol. The number of hydrogen-bond donors (Lipinski definition) is 3. The molecule has 3 N–H and O–H groups in total. The molecule has 4 rings (SSSR count). The molecule has 0 amide bonds. The second-order valence-corrected chi connectivity index (χ2v) is 9.28. The molecule has 12 heteroatoms. The first-order valence-electron chi connectivity index (χ1n) is 8.53. The van der Waals surface area contributed by atoms with Gasteiger partial charge in [-0.05, 0) is 18.2 Å². The van der Waals surface area contributed by atoms with E-state index < -0.39 is 36.4 Å². The third-order valence-electron chi connectivity index (χ3n) is 4.40. The maximum absolute atomic E-state index is 11.0. The Balaban J connectivity index is 1.62. The molecule has 0 spiro atoms. The first-order chi connectivity index (χ1) is 14.0. The molecule has 1 aromatic carbocycles. The zero-order chi connectivity index (χ0) is 20.5. The van der Waals surface area contributed by atoms with Crippen LogP contribution in [0.2, 0.25) is 10.0 Å². The van der Waals surface area contributed by atoms with Gasteiger partial charge in [0, 0.05) is 26.5 Å². The molecular weight excluding hydrogens is 459 g/mol. The minimum Gasteiger partial charge on any atom is -0.394 e. The molecule has 0 aliphatic carbocycles. The van der Waals surface area contributed by atoms with Crippen LogP contribution in [0.3, 0.4) is 0 Å². The second kappa shape index (κ2) is 8.86. The highest BCUT2D eigenvalue weighted by atomic mass is 35.5. The molecule has 3 heterocycles. The predicted octanol–water partition coefficient (Wildman–Crippen LogP) is 2.48. The van der Waals surface area contributed by atoms with Crippen molar-refractivity contribution in [2.24, 2.45) is 0 Å². The lowest BCUT2D eigenvalue weighted by Crippen LogP contribution is -2.55. The molecule has 154 valence electrons. The Morgan fingerprint density at radius 2 is 1.93 bits per heavy atom. The third-order valence-corrected chi connectivity index (χ3v) is 6.77. The van der Waals surface area contributed by atoms with Crippen molar-refractivity contribution in [1.29, 1.82) is 0 Å². The van der Waals surface area contributed by atoms with Crippen LogP contribution in [0.5, 0.6) is 0 Å². The van der Waals surface area contributed by atoms with Gasteiger partial charge in [0.25, 0.3) is 0 Å². The van der Waals surface area contributed by atoms with E-state index >= 15 is 0 Å². The molecule has 0 saturated carbocycles. The van der Waals surface area contributed by atoms with Crippen molar-refractivity contribution in [1.82, 2.24) is 20.0 Å². The highest BCUT2D eigenvalue weighted by Gasteiger charge is 2.46. The third kappa shape index (κ3) is 4.44. The number of benzene rings is 1. The first kappa shape index (κ1) is 21.0. The van der Waals surface area contributed by atoms with E-state index in [0.29, 0.717) is 25.6 Å². The number of halogens is 2. The second-order valence-electron chi connectivity index (χ2n) is 6.34. The molecule has 8 nitrogen and oxygen atoms in total. The van der Waals surface area contributed by atoms with Gasteiger partial charge in [-0.25, -0.2) is 9.67 Å². The van der Waals surface area contributed by atoms with Gasteiger partial charge in [-0.15, -0.1) is 16.4 Å². The fraction of sp³-hybridized carbons (Fsp3) is 0.353. The zero-order valence-corrected chi connectivity index (χ0v) is 17.8. The van der Waals surface area contributed by atoms with E-state index in [-0.39, 0.29) is 0 Å². The summed E-state index contributed by atoms with van der Waals surface area (Å²) < 4.78 is 7.11. The van der Waals surface area contributed by atoms with E-state index in [1.807, 2.05) is 5.38 Å². The molecule has 0 radical (unpaired) electrons. The Kier molecular flexibility index (Phi) is 6.42. The van der Waals surface area contributed by atoms with Gasteiger partial charge < -0.3 is 20.1 Å². The van der Waals surface area contributed by atoms with Gasteiger partial charge in [-0.3, -0.25) is 0 Å². The maximum Gasteiger partial charge on any atom is 0.145 e. The average molecular weight is 475 g/mol. The van der Waals surface area contributed by atoms with E-state index in [1.54, 1.807) is 30.6 Å². The van der Waals surface area contributed by atoms with E-state index in [4.69, 9.17) is 27.9 Å². The minimum atomic E-state index is -1.19. The van der Waals surface area contributed by atoms with Crippen LogP contribution < -0.4 is 0 Å². The van der Waals surface area contributed by atoms with E-state index in [0.717, 1.165) is 0 Å². The molecule has 29 heavy (non-hydrogen) atoms. The number of rotatable bonds is 5. The number of thiazole rings is 1. The summed E-state index contributed by atoms with van der Waals surface area (Å²) in [5.41, 5.74) is -0.278. The van der Waals surface area contributed by atoms with Crippen LogP contribution in [0.25, 0.3) is 10.7 Å². The van der Waals surface area contributed by atoms with Gasteiger partial charge in [-0.1, -0.05) is 40.2 Å². The molecule has 0 unspecified atom stereocenters. The van der Waals surface area contributed by atoms with Crippen molar-refractivity contribution in [2.75, 3.05) is 6.61 Å². The van der Waals surface area contributed by atoms with Gasteiger partial charge in [0.1, 0.15) is 40.5 Å². The van der Waals surface area contributed by atoms with Crippen molar-refractivity contribution in [3.63, 3.8) is 0 Å². The Hall–Kier alpha value is -1.24. The standard InChI is InChI=1S/C17H16Cl2N4O4S2/c18-8-3-9(19)5-10(4-8)29-17-15(26)13(14(25)12(7-24)27-17)23-6-11(21-22-23)16-20-1-2-28-16/h1-6,12-15,17,24-26H,7H2/t12-,13+,14+,15-,17-/m1/s1. The first-order valence-corrected chi connectivity index (χ1v) is 11.0. The monoisotopic (exact) mass is 474 g/mol. The average Bonchev–Trinajstić information content (AvgIpc) is 3.35. The molecule has 1 fully saturated rings. The fourth-order valence-corrected chi connectivity index (χ4v) is 5.48. The molecule has 1 aliphatic rings. The Morgan fingerprint density at radius 1 is 1.17 bits per heavy atom. The summed E-state index contributed by atoms with van der Waals surface area (Å²) in [6, 6.07) is 4.11. The SMILES string of the molecule is OC[C@H]1O[C@H](Sc2cc(Cl)cc(Cl)c2)[C@H](O)[C@@H](n2cc(-c3nccs3)nn2)[C@H]1O. The van der Waals surface area contributed by atoms with Crippen LogP contribution in [-0.4, -0.2) is 65.7 Å². The van der Waals surface area contributed by atoms with E-state index in [2.05, 4.69) is 15.3 Å². The summed E-state index contributed by atoms with van der Waals surface area (Å²) in [5, 5.41) is 42.8. The Labute approximate surface area is 184 Å². The number of thioether (sulfide) groups is 1. The summed E-state index contributed by atoms with van der Waals surface area (Å²) >= 11 is 14.7. The number of ether oxygens (including phenoxy) is 1. The quantitative estimate of drug-likeness (QED) is 0.516. The van der Waals surface area contributed by atoms with Crippen LogP contribution >= 0.6 is 46.3 Å². The van der Waals surface area contributed by atoms with Crippen molar-refractivity contribution in [3.05, 3.63) is 46.0 Å². The number of aromatic nitrogens is 4. The lowest BCUT2D eigenvalue weighted by molar-refractivity contribution is -0.178. The summed E-state index contributed by atoms with van der Waals surface area (Å²) in [6.07, 6.45) is 0.000195. The number of nitrogens with zero attached hydrogens (tertiary/aromatic N) is 4. The normalized spacial score (nSPS) is 27.3. The summed E-state index contributed by atoms with van der Waals surface area (Å²) in [4.78, 5) is 4.87. The Bertz CT molecular complexity index is 954. The number of aliphatic hydroxyl groups is 3. The van der Waals surface area contributed by atoms with Crippen molar-refractivity contribution < 1.29 is 20.1 Å². The summed E-state index contributed by atoms with van der Waals surface area (Å²) in [7, 11) is 0. The smallest absolute Gasteiger partial charge is 0.145 e. The Morgan fingerprint density at radius 3 is 2.59 bits per heavy atom. The van der Waals surface area contributed by atoms with E-state index in [1.165, 1.54) is 27.8 Å². The van der Waals surface area contributed by atoms with Gasteiger partial charge >= 0.3 is 0 Å². The molecule has 5 atom stereocenters. The van der Waals surface area contributed by atoms with Crippen LogP contribution in [0.15, 0.2) is 40.9 Å². The molecule has 2 aromatic heterocycles. The lowest BCUT2D eigenvalue weighted by atomic mass is 9.97. The highest BCUT2D eigenvalue weighted by molar-refractivity contribution is 7.99. The van der Waals surface area contributed by atoms with Crippen molar-refractivity contribution >= 4 is 46.3 Å². The molecule has 1 aliphatic heterocycles. The molecule has 3 aromatic rings. The van der Waals surface area contributed by atoms with Gasteiger partial charge in [0.15, 0.2) is 0 Å². The highest BCUT2D eigenvalue weighted by Crippen LogP contribution is 2.39. The number of hydrogen-bond acceptors (Lipinski definition) is 9. The van der Waals surface area contributed by atoms with E-state index in [9.17, 15) is 15.3 Å². The summed E-state index contributed by atoms with van der Waals surface area (Å²) in [6.45, 7) is -0.425. The topological polar surface area (TPSA) is 114 Å². The lowest BCUT2D eigenvalue weighted by Gasteiger charge is -2.41.